The van der Waals surface area contributed by atoms with Gasteiger partial charge in [-0.3, -0.25) is 0 Å². The highest BCUT2D eigenvalue weighted by Crippen LogP contribution is 2.30. The van der Waals surface area contributed by atoms with Gasteiger partial charge in [0, 0.05) is 31.1 Å². The molecule has 0 radical (unpaired) electrons. The third-order valence-corrected chi connectivity index (χ3v) is 6.07. The molecular weight excluding hydrogens is 385 g/mol. The number of methoxy groups -OCH3 is 1. The average Bonchev–Trinajstić information content (AvgIpc) is 3.11. The summed E-state index contributed by atoms with van der Waals surface area (Å²) in [4.78, 5) is 17.1. The van der Waals surface area contributed by atoms with Crippen molar-refractivity contribution in [3.05, 3.63) is 46.6 Å². The number of hydrogen-bond acceptors (Lipinski definition) is 5. The number of esters is 1. The van der Waals surface area contributed by atoms with Crippen molar-refractivity contribution >= 4 is 45.3 Å². The summed E-state index contributed by atoms with van der Waals surface area (Å²) in [5, 5.41) is 4.47. The number of benzene rings is 1. The molecule has 0 unspecified atom stereocenters. The van der Waals surface area contributed by atoms with Gasteiger partial charge >= 0.3 is 5.97 Å². The molecule has 3 rings (SSSR count). The van der Waals surface area contributed by atoms with E-state index in [0.717, 1.165) is 11.3 Å². The Labute approximate surface area is 167 Å². The molecule has 1 fully saturated rings. The number of halogens is 1. The topological polar surface area (TPSA) is 44.8 Å². The molecule has 1 saturated heterocycles. The second kappa shape index (κ2) is 8.67. The summed E-state index contributed by atoms with van der Waals surface area (Å²) in [5.41, 5.74) is 1.13. The quantitative estimate of drug-likeness (QED) is 0.615. The van der Waals surface area contributed by atoms with Crippen LogP contribution in [0, 0.1) is 5.82 Å². The molecule has 1 N–H and O–H groups in total. The molecule has 2 heterocycles. The molecular formula is C19H22FN3O2S2. The fourth-order valence-electron chi connectivity index (χ4n) is 3.01. The maximum Gasteiger partial charge on any atom is 0.340 e. The second-order valence-electron chi connectivity index (χ2n) is 6.16. The minimum Gasteiger partial charge on any atom is -0.465 e. The van der Waals surface area contributed by atoms with Crippen molar-refractivity contribution < 1.29 is 13.9 Å². The van der Waals surface area contributed by atoms with Crippen LogP contribution in [-0.2, 0) is 11.2 Å². The van der Waals surface area contributed by atoms with Gasteiger partial charge in [-0.2, -0.15) is 0 Å². The summed E-state index contributed by atoms with van der Waals surface area (Å²) in [6.07, 6.45) is 0.838. The Morgan fingerprint density at radius 3 is 2.63 bits per heavy atom. The molecule has 1 aliphatic heterocycles. The van der Waals surface area contributed by atoms with E-state index in [-0.39, 0.29) is 11.8 Å². The van der Waals surface area contributed by atoms with E-state index in [1.165, 1.54) is 24.5 Å². The van der Waals surface area contributed by atoms with Crippen molar-refractivity contribution in [2.75, 3.05) is 43.5 Å². The van der Waals surface area contributed by atoms with Crippen molar-refractivity contribution in [1.29, 1.82) is 0 Å². The molecule has 8 heteroatoms. The number of ether oxygens (including phenoxy) is 1. The first-order valence-corrected chi connectivity index (χ1v) is 10.0. The van der Waals surface area contributed by atoms with Crippen LogP contribution in [-0.4, -0.2) is 49.3 Å². The number of aryl methyl sites for hydroxylation is 1. The third kappa shape index (κ3) is 4.39. The second-order valence-corrected chi connectivity index (χ2v) is 7.68. The van der Waals surface area contributed by atoms with Crippen molar-refractivity contribution in [2.24, 2.45) is 0 Å². The van der Waals surface area contributed by atoms with Gasteiger partial charge in [0.1, 0.15) is 10.8 Å². The molecule has 1 aromatic heterocycles. The number of thiophene rings is 1. The molecule has 1 aromatic carbocycles. The maximum absolute atomic E-state index is 14.0. The van der Waals surface area contributed by atoms with Gasteiger partial charge in [0.05, 0.1) is 18.4 Å². The Kier molecular flexibility index (Phi) is 6.28. The normalized spacial score (nSPS) is 14.2. The van der Waals surface area contributed by atoms with Gasteiger partial charge in [-0.15, -0.1) is 11.3 Å². The van der Waals surface area contributed by atoms with Gasteiger partial charge < -0.3 is 19.9 Å². The van der Waals surface area contributed by atoms with Crippen molar-refractivity contribution in [3.63, 3.8) is 0 Å². The number of nitrogens with one attached hydrogen (secondary N) is 1. The van der Waals surface area contributed by atoms with Crippen LogP contribution in [0.3, 0.4) is 0 Å². The Balaban J connectivity index is 1.64. The summed E-state index contributed by atoms with van der Waals surface area (Å²) in [7, 11) is 1.37. The fourth-order valence-corrected chi connectivity index (χ4v) is 4.34. The van der Waals surface area contributed by atoms with Crippen molar-refractivity contribution in [1.82, 2.24) is 4.90 Å². The summed E-state index contributed by atoms with van der Waals surface area (Å²) in [6.45, 7) is 4.75. The number of anilines is 2. The molecule has 0 atom stereocenters. The summed E-state index contributed by atoms with van der Waals surface area (Å²) >= 11 is 7.05. The molecule has 144 valence electrons. The zero-order chi connectivity index (χ0) is 19.4. The van der Waals surface area contributed by atoms with Crippen LogP contribution in [0.15, 0.2) is 30.3 Å². The largest absolute Gasteiger partial charge is 0.465 e. The van der Waals surface area contributed by atoms with Crippen LogP contribution in [0.4, 0.5) is 15.1 Å². The van der Waals surface area contributed by atoms with E-state index < -0.39 is 0 Å². The Bertz CT molecular complexity index is 832. The Morgan fingerprint density at radius 1 is 1.30 bits per heavy atom. The van der Waals surface area contributed by atoms with E-state index in [1.807, 2.05) is 28.9 Å². The number of nitrogens with zero attached hydrogens (tertiary/aromatic N) is 2. The lowest BCUT2D eigenvalue weighted by Gasteiger charge is -2.37. The number of thiocarbonyl (C=S) groups is 1. The smallest absolute Gasteiger partial charge is 0.340 e. The molecule has 0 spiro atoms. The third-order valence-electron chi connectivity index (χ3n) is 4.52. The van der Waals surface area contributed by atoms with Gasteiger partial charge in [0.2, 0.25) is 0 Å². The van der Waals surface area contributed by atoms with Crippen LogP contribution in [0.2, 0.25) is 0 Å². The molecule has 0 aliphatic carbocycles. The Morgan fingerprint density at radius 2 is 2.00 bits per heavy atom. The highest BCUT2D eigenvalue weighted by Gasteiger charge is 2.23. The lowest BCUT2D eigenvalue weighted by atomic mass is 10.2. The molecule has 27 heavy (non-hydrogen) atoms. The van der Waals surface area contributed by atoms with Gasteiger partial charge in [-0.1, -0.05) is 19.1 Å². The van der Waals surface area contributed by atoms with E-state index in [0.29, 0.717) is 47.5 Å². The summed E-state index contributed by atoms with van der Waals surface area (Å²) < 4.78 is 18.8. The lowest BCUT2D eigenvalue weighted by Crippen LogP contribution is -2.50. The number of rotatable bonds is 4. The van der Waals surface area contributed by atoms with E-state index in [1.54, 1.807) is 12.1 Å². The van der Waals surface area contributed by atoms with E-state index >= 15 is 0 Å². The molecule has 2 aromatic rings. The predicted octanol–water partition coefficient (Wildman–Crippen LogP) is 3.76. The minimum absolute atomic E-state index is 0.208. The van der Waals surface area contributed by atoms with E-state index in [4.69, 9.17) is 17.0 Å². The molecule has 0 saturated carbocycles. The molecule has 0 amide bonds. The SMILES string of the molecule is CCc1cc(C(=O)OC)c(NC(=S)N2CCN(c3ccccc3F)CC2)s1. The number of carbonyl (C=O) groups excluding carboxylic acids is 1. The standard InChI is InChI=1S/C19H22FN3O2S2/c1-3-13-12-14(18(24)25-2)17(27-13)21-19(26)23-10-8-22(9-11-23)16-7-5-4-6-15(16)20/h4-7,12H,3,8-11H2,1-2H3,(H,21,26). The predicted molar refractivity (Wildman–Crippen MR) is 111 cm³/mol. The van der Waals surface area contributed by atoms with Crippen LogP contribution in [0.25, 0.3) is 0 Å². The average molecular weight is 408 g/mol. The molecule has 0 bridgehead atoms. The van der Waals surface area contributed by atoms with Crippen LogP contribution < -0.4 is 10.2 Å². The van der Waals surface area contributed by atoms with E-state index in [2.05, 4.69) is 5.32 Å². The van der Waals surface area contributed by atoms with Gasteiger partial charge in [0.15, 0.2) is 5.11 Å². The van der Waals surface area contributed by atoms with Crippen molar-refractivity contribution in [2.45, 2.75) is 13.3 Å². The van der Waals surface area contributed by atoms with Gasteiger partial charge in [-0.25, -0.2) is 9.18 Å². The highest BCUT2D eigenvalue weighted by molar-refractivity contribution is 7.80. The first-order valence-electron chi connectivity index (χ1n) is 8.80. The van der Waals surface area contributed by atoms with Crippen LogP contribution in [0.5, 0.6) is 0 Å². The van der Waals surface area contributed by atoms with Gasteiger partial charge in [0.25, 0.3) is 0 Å². The summed E-state index contributed by atoms with van der Waals surface area (Å²) in [6, 6.07) is 8.65. The number of carbonyl (C=O) groups is 1. The zero-order valence-electron chi connectivity index (χ0n) is 15.3. The maximum atomic E-state index is 14.0. The first-order chi connectivity index (χ1) is 13.0. The Hall–Kier alpha value is -2.19. The first kappa shape index (κ1) is 19.6. The highest BCUT2D eigenvalue weighted by atomic mass is 32.1. The fraction of sp³-hybridized carbons (Fsp3) is 0.368. The monoisotopic (exact) mass is 407 g/mol. The van der Waals surface area contributed by atoms with Crippen LogP contribution in [0.1, 0.15) is 22.2 Å². The lowest BCUT2D eigenvalue weighted by molar-refractivity contribution is 0.0602. The summed E-state index contributed by atoms with van der Waals surface area (Å²) in [5.74, 6) is -0.583. The minimum atomic E-state index is -0.374. The van der Waals surface area contributed by atoms with Gasteiger partial charge in [-0.05, 0) is 36.8 Å². The molecule has 1 aliphatic rings. The van der Waals surface area contributed by atoms with Crippen LogP contribution >= 0.6 is 23.6 Å². The van der Waals surface area contributed by atoms with Crippen molar-refractivity contribution in [3.8, 4) is 0 Å². The number of piperazine rings is 1. The van der Waals surface area contributed by atoms with E-state index in [9.17, 15) is 9.18 Å². The number of hydrogen-bond donors (Lipinski definition) is 1. The zero-order valence-corrected chi connectivity index (χ0v) is 17.0. The molecule has 5 nitrogen and oxygen atoms in total. The number of para-hydroxylation sites is 1.